The summed E-state index contributed by atoms with van der Waals surface area (Å²) < 4.78 is 10.8. The first-order valence-corrected chi connectivity index (χ1v) is 11.4. The molecule has 2 amide bonds. The average molecular weight is 440 g/mol. The third kappa shape index (κ3) is 5.82. The lowest BCUT2D eigenvalue weighted by molar-refractivity contribution is 0.0529. The quantitative estimate of drug-likeness (QED) is 0.721. The number of amides is 2. The molecule has 32 heavy (non-hydrogen) atoms. The Bertz CT molecular complexity index is 866. The average Bonchev–Trinajstić information content (AvgIpc) is 2.84. The molecule has 2 N–H and O–H groups in total. The largest absolute Gasteiger partial charge is 0.497 e. The Balaban J connectivity index is 1.18. The predicted octanol–water partition coefficient (Wildman–Crippen LogP) is 2.78. The lowest BCUT2D eigenvalue weighted by Crippen LogP contribution is -2.47. The highest BCUT2D eigenvalue weighted by molar-refractivity contribution is 5.74. The monoisotopic (exact) mass is 439 g/mol. The van der Waals surface area contributed by atoms with Crippen molar-refractivity contribution in [2.45, 2.75) is 38.5 Å². The van der Waals surface area contributed by atoms with E-state index in [2.05, 4.69) is 44.5 Å². The van der Waals surface area contributed by atoms with Gasteiger partial charge in [0.15, 0.2) is 0 Å². The van der Waals surface area contributed by atoms with Crippen molar-refractivity contribution in [3.8, 4) is 5.75 Å². The maximum atomic E-state index is 12.4. The van der Waals surface area contributed by atoms with Gasteiger partial charge in [0.05, 0.1) is 19.8 Å². The Hall–Kier alpha value is -3.00. The number of hydrogen-bond acceptors (Lipinski definition) is 6. The lowest BCUT2D eigenvalue weighted by Gasteiger charge is -2.34. The zero-order chi connectivity index (χ0) is 22.3. The molecule has 0 bridgehead atoms. The number of hydrogen-bond donors (Lipinski definition) is 2. The van der Waals surface area contributed by atoms with Gasteiger partial charge in [-0.2, -0.15) is 0 Å². The molecule has 0 radical (unpaired) electrons. The smallest absolute Gasteiger partial charge is 0.315 e. The second-order valence-electron chi connectivity index (χ2n) is 8.44. The molecule has 4 rings (SSSR count). The van der Waals surface area contributed by atoms with Crippen LogP contribution in [0.3, 0.4) is 0 Å². The number of urea groups is 1. The predicted molar refractivity (Wildman–Crippen MR) is 125 cm³/mol. The number of carbonyl (C=O) groups is 1. The number of anilines is 2. The van der Waals surface area contributed by atoms with Crippen molar-refractivity contribution in [1.82, 2.24) is 15.6 Å². The second kappa shape index (κ2) is 10.5. The molecule has 2 saturated heterocycles. The van der Waals surface area contributed by atoms with Crippen LogP contribution in [0.2, 0.25) is 0 Å². The lowest BCUT2D eigenvalue weighted by atomic mass is 10.0. The molecule has 1 unspecified atom stereocenters. The van der Waals surface area contributed by atoms with E-state index in [0.717, 1.165) is 62.8 Å². The summed E-state index contributed by atoms with van der Waals surface area (Å²) in [6, 6.07) is 12.2. The summed E-state index contributed by atoms with van der Waals surface area (Å²) in [6.07, 6.45) is 3.91. The van der Waals surface area contributed by atoms with Crippen LogP contribution in [0, 0.1) is 0 Å². The molecule has 0 saturated carbocycles. The number of rotatable bonds is 6. The molecule has 172 valence electrons. The van der Waals surface area contributed by atoms with E-state index >= 15 is 0 Å². The van der Waals surface area contributed by atoms with Crippen LogP contribution in [0.25, 0.3) is 0 Å². The van der Waals surface area contributed by atoms with Gasteiger partial charge in [-0.25, -0.2) is 9.78 Å². The minimum absolute atomic E-state index is 0.126. The molecular weight excluding hydrogens is 406 g/mol. The van der Waals surface area contributed by atoms with Crippen LogP contribution in [0.1, 0.15) is 25.3 Å². The number of aromatic nitrogens is 1. The van der Waals surface area contributed by atoms with E-state index in [1.54, 1.807) is 7.11 Å². The van der Waals surface area contributed by atoms with Crippen LogP contribution in [0.5, 0.6) is 5.75 Å². The van der Waals surface area contributed by atoms with Crippen molar-refractivity contribution in [2.24, 2.45) is 0 Å². The van der Waals surface area contributed by atoms with Crippen molar-refractivity contribution in [1.29, 1.82) is 0 Å². The minimum Gasteiger partial charge on any atom is -0.497 e. The zero-order valence-corrected chi connectivity index (χ0v) is 18.9. The van der Waals surface area contributed by atoms with E-state index in [0.29, 0.717) is 6.54 Å². The fourth-order valence-electron chi connectivity index (χ4n) is 4.23. The van der Waals surface area contributed by atoms with Gasteiger partial charge in [0.25, 0.3) is 0 Å². The van der Waals surface area contributed by atoms with Gasteiger partial charge < -0.3 is 29.9 Å². The molecule has 1 aromatic heterocycles. The molecule has 8 nitrogen and oxygen atoms in total. The van der Waals surface area contributed by atoms with Gasteiger partial charge in [0, 0.05) is 50.6 Å². The number of piperidine rings is 1. The van der Waals surface area contributed by atoms with Crippen LogP contribution < -0.4 is 25.2 Å². The van der Waals surface area contributed by atoms with Gasteiger partial charge in [-0.15, -0.1) is 0 Å². The Labute approximate surface area is 189 Å². The summed E-state index contributed by atoms with van der Waals surface area (Å²) in [7, 11) is 1.68. The van der Waals surface area contributed by atoms with Gasteiger partial charge in [0.1, 0.15) is 11.6 Å². The van der Waals surface area contributed by atoms with Crippen molar-refractivity contribution in [3.63, 3.8) is 0 Å². The molecule has 2 aromatic rings. The fraction of sp³-hybridized carbons (Fsp3) is 0.500. The summed E-state index contributed by atoms with van der Waals surface area (Å²) in [5.74, 6) is 1.82. The molecule has 2 aliphatic rings. The molecule has 1 atom stereocenters. The molecule has 2 fully saturated rings. The number of methoxy groups -OCH3 is 1. The number of pyridine rings is 1. The van der Waals surface area contributed by atoms with Gasteiger partial charge in [-0.05, 0) is 55.7 Å². The highest BCUT2D eigenvalue weighted by Gasteiger charge is 2.21. The van der Waals surface area contributed by atoms with E-state index < -0.39 is 0 Å². The Morgan fingerprint density at radius 2 is 1.91 bits per heavy atom. The minimum atomic E-state index is -0.126. The van der Waals surface area contributed by atoms with E-state index in [9.17, 15) is 4.79 Å². The van der Waals surface area contributed by atoms with Crippen molar-refractivity contribution in [3.05, 3.63) is 48.2 Å². The third-order valence-electron chi connectivity index (χ3n) is 6.10. The highest BCUT2D eigenvalue weighted by atomic mass is 16.5. The van der Waals surface area contributed by atoms with Crippen LogP contribution in [0.15, 0.2) is 42.6 Å². The summed E-state index contributed by atoms with van der Waals surface area (Å²) in [5, 5.41) is 6.06. The normalized spacial score (nSPS) is 19.5. The van der Waals surface area contributed by atoms with E-state index in [4.69, 9.17) is 9.47 Å². The summed E-state index contributed by atoms with van der Waals surface area (Å²) in [5.41, 5.74) is 2.18. The van der Waals surface area contributed by atoms with Gasteiger partial charge in [-0.1, -0.05) is 6.07 Å². The standard InChI is InChI=1S/C24H33N5O3/c1-18-17-29(13-14-32-18)23-8-3-19(15-25-23)16-26-24(30)27-20-9-11-28(12-10-20)21-4-6-22(31-2)7-5-21/h3-8,15,18,20H,9-14,16-17H2,1-2H3,(H2,26,27,30). The Morgan fingerprint density at radius 1 is 1.12 bits per heavy atom. The first-order valence-electron chi connectivity index (χ1n) is 11.4. The summed E-state index contributed by atoms with van der Waals surface area (Å²) in [6.45, 7) is 6.81. The number of ether oxygens (including phenoxy) is 2. The van der Waals surface area contributed by atoms with E-state index in [-0.39, 0.29) is 18.2 Å². The fourth-order valence-corrected chi connectivity index (χ4v) is 4.23. The number of nitrogens with zero attached hydrogens (tertiary/aromatic N) is 3. The molecule has 8 heteroatoms. The van der Waals surface area contributed by atoms with Crippen LogP contribution in [-0.4, -0.2) is 63.1 Å². The Morgan fingerprint density at radius 3 is 2.56 bits per heavy atom. The van der Waals surface area contributed by atoms with E-state index in [1.165, 1.54) is 5.69 Å². The Kier molecular flexibility index (Phi) is 7.32. The van der Waals surface area contributed by atoms with Crippen LogP contribution in [-0.2, 0) is 11.3 Å². The van der Waals surface area contributed by atoms with Crippen LogP contribution in [0.4, 0.5) is 16.3 Å². The topological polar surface area (TPSA) is 79.0 Å². The van der Waals surface area contributed by atoms with Gasteiger partial charge >= 0.3 is 6.03 Å². The van der Waals surface area contributed by atoms with Gasteiger partial charge in [-0.3, -0.25) is 0 Å². The zero-order valence-electron chi connectivity index (χ0n) is 18.9. The number of nitrogens with one attached hydrogen (secondary N) is 2. The number of morpholine rings is 1. The molecule has 0 aliphatic carbocycles. The first kappa shape index (κ1) is 22.2. The van der Waals surface area contributed by atoms with Crippen molar-refractivity contribution >= 4 is 17.5 Å². The SMILES string of the molecule is COc1ccc(N2CCC(NC(=O)NCc3ccc(N4CCOC(C)C4)nc3)CC2)cc1. The van der Waals surface area contributed by atoms with Crippen LogP contribution >= 0.6 is 0 Å². The highest BCUT2D eigenvalue weighted by Crippen LogP contribution is 2.23. The van der Waals surface area contributed by atoms with Gasteiger partial charge in [0.2, 0.25) is 0 Å². The molecule has 3 heterocycles. The molecule has 1 aromatic carbocycles. The third-order valence-corrected chi connectivity index (χ3v) is 6.10. The number of carbonyl (C=O) groups excluding carboxylic acids is 1. The van der Waals surface area contributed by atoms with Crippen molar-refractivity contribution in [2.75, 3.05) is 49.7 Å². The summed E-state index contributed by atoms with van der Waals surface area (Å²) >= 11 is 0. The maximum absolute atomic E-state index is 12.4. The molecular formula is C24H33N5O3. The number of benzene rings is 1. The second-order valence-corrected chi connectivity index (χ2v) is 8.44. The molecule has 2 aliphatic heterocycles. The molecule has 0 spiro atoms. The summed E-state index contributed by atoms with van der Waals surface area (Å²) in [4.78, 5) is 21.5. The van der Waals surface area contributed by atoms with E-state index in [1.807, 2.05) is 30.5 Å². The first-order chi connectivity index (χ1) is 15.6. The maximum Gasteiger partial charge on any atom is 0.315 e. The van der Waals surface area contributed by atoms with Crippen molar-refractivity contribution < 1.29 is 14.3 Å².